The molecule has 70 valence electrons. The van der Waals surface area contributed by atoms with Crippen LogP contribution in [-0.2, 0) is 0 Å². The smallest absolute Gasteiger partial charge is 0.0678 e. The molecule has 0 amide bonds. The largest absolute Gasteiger partial charge is 0.395 e. The molecular weight excluding hydrogens is 152 g/mol. The van der Waals surface area contributed by atoms with Gasteiger partial charge in [0.15, 0.2) is 0 Å². The number of aliphatic hydroxyl groups excluding tert-OH is 2. The maximum absolute atomic E-state index is 9.86. The summed E-state index contributed by atoms with van der Waals surface area (Å²) in [7, 11) is 0. The molecule has 3 unspecified atom stereocenters. The van der Waals surface area contributed by atoms with Crippen molar-refractivity contribution in [3.63, 3.8) is 0 Å². The van der Waals surface area contributed by atoms with Crippen LogP contribution in [0.25, 0.3) is 0 Å². The molecule has 0 spiro atoms. The second-order valence-corrected chi connectivity index (χ2v) is 3.91. The van der Waals surface area contributed by atoms with Gasteiger partial charge in [-0.1, -0.05) is 19.4 Å². The van der Waals surface area contributed by atoms with Gasteiger partial charge < -0.3 is 10.2 Å². The van der Waals surface area contributed by atoms with Crippen LogP contribution in [0, 0.1) is 11.3 Å². The van der Waals surface area contributed by atoms with E-state index in [0.717, 1.165) is 19.3 Å². The average Bonchev–Trinajstić information content (AvgIpc) is 2.11. The van der Waals surface area contributed by atoms with Crippen LogP contribution in [-0.4, -0.2) is 22.9 Å². The maximum atomic E-state index is 9.86. The van der Waals surface area contributed by atoms with Gasteiger partial charge in [-0.15, -0.1) is 6.58 Å². The molecule has 0 aromatic heterocycles. The molecule has 0 aliphatic heterocycles. The molecule has 12 heavy (non-hydrogen) atoms. The summed E-state index contributed by atoms with van der Waals surface area (Å²) in [5.41, 5.74) is -0.433. The van der Waals surface area contributed by atoms with E-state index in [4.69, 9.17) is 0 Å². The van der Waals surface area contributed by atoms with Gasteiger partial charge in [-0.2, -0.15) is 0 Å². The van der Waals surface area contributed by atoms with Crippen LogP contribution in [0.5, 0.6) is 0 Å². The number of aliphatic hydroxyl groups is 2. The van der Waals surface area contributed by atoms with E-state index in [-0.39, 0.29) is 12.5 Å². The summed E-state index contributed by atoms with van der Waals surface area (Å²) in [5, 5.41) is 19.1. The highest BCUT2D eigenvalue weighted by Gasteiger charge is 2.40. The Morgan fingerprint density at radius 2 is 2.33 bits per heavy atom. The summed E-state index contributed by atoms with van der Waals surface area (Å²) >= 11 is 0. The predicted octanol–water partition coefficient (Wildman–Crippen LogP) is 1.33. The zero-order valence-electron chi connectivity index (χ0n) is 7.66. The van der Waals surface area contributed by atoms with Gasteiger partial charge in [-0.3, -0.25) is 0 Å². The first-order valence-electron chi connectivity index (χ1n) is 4.59. The van der Waals surface area contributed by atoms with Crippen molar-refractivity contribution >= 4 is 0 Å². The van der Waals surface area contributed by atoms with Crippen molar-refractivity contribution in [1.29, 1.82) is 0 Å². The summed E-state index contributed by atoms with van der Waals surface area (Å²) in [6.45, 7) is 5.73. The van der Waals surface area contributed by atoms with E-state index in [9.17, 15) is 10.2 Å². The molecule has 1 saturated carbocycles. The molecule has 0 aromatic carbocycles. The van der Waals surface area contributed by atoms with Crippen molar-refractivity contribution in [2.45, 2.75) is 32.3 Å². The molecular formula is C10H18O2. The van der Waals surface area contributed by atoms with Gasteiger partial charge in [-0.25, -0.2) is 0 Å². The van der Waals surface area contributed by atoms with Crippen molar-refractivity contribution in [2.75, 3.05) is 6.61 Å². The Labute approximate surface area is 73.9 Å². The van der Waals surface area contributed by atoms with Gasteiger partial charge in [0.25, 0.3) is 0 Å². The number of hydrogen-bond acceptors (Lipinski definition) is 2. The minimum absolute atomic E-state index is 0.0159. The third-order valence-electron chi connectivity index (χ3n) is 3.13. The molecule has 0 bridgehead atoms. The predicted molar refractivity (Wildman–Crippen MR) is 48.7 cm³/mol. The van der Waals surface area contributed by atoms with Crippen LogP contribution in [0.1, 0.15) is 26.2 Å². The summed E-state index contributed by atoms with van der Waals surface area (Å²) < 4.78 is 0. The molecule has 0 saturated heterocycles. The second kappa shape index (κ2) is 3.58. The monoisotopic (exact) mass is 170 g/mol. The van der Waals surface area contributed by atoms with Crippen LogP contribution in [0.4, 0.5) is 0 Å². The lowest BCUT2D eigenvalue weighted by atomic mass is 9.68. The van der Waals surface area contributed by atoms with Crippen LogP contribution < -0.4 is 0 Å². The fraction of sp³-hybridized carbons (Fsp3) is 0.800. The van der Waals surface area contributed by atoms with Crippen LogP contribution >= 0.6 is 0 Å². The fourth-order valence-electron chi connectivity index (χ4n) is 2.09. The molecule has 0 radical (unpaired) electrons. The molecule has 0 aromatic rings. The quantitative estimate of drug-likeness (QED) is 0.614. The molecule has 1 rings (SSSR count). The van der Waals surface area contributed by atoms with E-state index in [1.165, 1.54) is 0 Å². The van der Waals surface area contributed by atoms with Crippen molar-refractivity contribution in [2.24, 2.45) is 11.3 Å². The Kier molecular flexibility index (Phi) is 2.91. The minimum Gasteiger partial charge on any atom is -0.395 e. The summed E-state index contributed by atoms with van der Waals surface area (Å²) in [4.78, 5) is 0. The lowest BCUT2D eigenvalue weighted by molar-refractivity contribution is -0.0466. The Balaban J connectivity index is 2.78. The highest BCUT2D eigenvalue weighted by atomic mass is 16.3. The molecule has 0 heterocycles. The lowest BCUT2D eigenvalue weighted by Gasteiger charge is -2.41. The van der Waals surface area contributed by atoms with Gasteiger partial charge in [-0.05, 0) is 18.8 Å². The number of rotatable bonds is 2. The van der Waals surface area contributed by atoms with Crippen LogP contribution in [0.3, 0.4) is 0 Å². The highest BCUT2D eigenvalue weighted by Crippen LogP contribution is 2.39. The zero-order valence-corrected chi connectivity index (χ0v) is 7.66. The fourth-order valence-corrected chi connectivity index (χ4v) is 2.09. The third-order valence-corrected chi connectivity index (χ3v) is 3.13. The van der Waals surface area contributed by atoms with Gasteiger partial charge in [0.05, 0.1) is 12.7 Å². The Hall–Kier alpha value is -0.340. The third kappa shape index (κ3) is 1.41. The Morgan fingerprint density at radius 3 is 2.75 bits per heavy atom. The van der Waals surface area contributed by atoms with Crippen molar-refractivity contribution in [1.82, 2.24) is 0 Å². The van der Waals surface area contributed by atoms with Gasteiger partial charge in [0, 0.05) is 5.41 Å². The summed E-state index contributed by atoms with van der Waals surface area (Å²) in [6, 6.07) is 0. The molecule has 1 aliphatic rings. The van der Waals surface area contributed by atoms with Crippen LogP contribution in [0.15, 0.2) is 12.7 Å². The average molecular weight is 170 g/mol. The second-order valence-electron chi connectivity index (χ2n) is 3.91. The number of hydrogen-bond donors (Lipinski definition) is 2. The lowest BCUT2D eigenvalue weighted by Crippen LogP contribution is -2.44. The topological polar surface area (TPSA) is 40.5 Å². The van der Waals surface area contributed by atoms with Gasteiger partial charge >= 0.3 is 0 Å². The van der Waals surface area contributed by atoms with E-state index in [2.05, 4.69) is 6.58 Å². The molecule has 2 nitrogen and oxygen atoms in total. The maximum Gasteiger partial charge on any atom is 0.0678 e. The van der Waals surface area contributed by atoms with E-state index < -0.39 is 11.5 Å². The van der Waals surface area contributed by atoms with E-state index in [1.807, 2.05) is 6.92 Å². The van der Waals surface area contributed by atoms with E-state index in [1.54, 1.807) is 6.08 Å². The normalized spacial score (nSPS) is 42.6. The van der Waals surface area contributed by atoms with Gasteiger partial charge in [0.2, 0.25) is 0 Å². The Bertz CT molecular complexity index is 167. The van der Waals surface area contributed by atoms with E-state index in [0.29, 0.717) is 0 Å². The SMILES string of the molecule is C=CC1(CO)CCCC(C)C1O. The highest BCUT2D eigenvalue weighted by molar-refractivity contribution is 5.03. The van der Waals surface area contributed by atoms with Crippen molar-refractivity contribution in [3.05, 3.63) is 12.7 Å². The molecule has 1 aliphatic carbocycles. The summed E-state index contributed by atoms with van der Waals surface area (Å²) in [6.07, 6.45) is 4.28. The summed E-state index contributed by atoms with van der Waals surface area (Å²) in [5.74, 6) is 0.281. The standard InChI is InChI=1S/C10H18O2/c1-3-10(7-11)6-4-5-8(2)9(10)12/h3,8-9,11-12H,1,4-7H2,2H3. The van der Waals surface area contributed by atoms with Gasteiger partial charge in [0.1, 0.15) is 0 Å². The molecule has 3 atom stereocenters. The minimum atomic E-state index is -0.433. The van der Waals surface area contributed by atoms with Crippen molar-refractivity contribution in [3.8, 4) is 0 Å². The first kappa shape index (κ1) is 9.75. The molecule has 2 heteroatoms. The van der Waals surface area contributed by atoms with Crippen molar-refractivity contribution < 1.29 is 10.2 Å². The van der Waals surface area contributed by atoms with Crippen LogP contribution in [0.2, 0.25) is 0 Å². The van der Waals surface area contributed by atoms with E-state index >= 15 is 0 Å². The first-order chi connectivity index (χ1) is 5.66. The zero-order chi connectivity index (χ0) is 9.19. The Morgan fingerprint density at radius 1 is 1.67 bits per heavy atom. The molecule has 1 fully saturated rings. The molecule has 2 N–H and O–H groups in total. The first-order valence-corrected chi connectivity index (χ1v) is 4.59.